The van der Waals surface area contributed by atoms with E-state index in [1.165, 1.54) is 51.1 Å². The average molecular weight is 747 g/mol. The number of para-hydroxylation sites is 3. The highest BCUT2D eigenvalue weighted by Gasteiger charge is 2.24. The van der Waals surface area contributed by atoms with E-state index in [2.05, 4.69) is 154 Å². The number of thiophene rings is 2. The van der Waals surface area contributed by atoms with Gasteiger partial charge in [-0.05, 0) is 60.2 Å². The van der Waals surface area contributed by atoms with Gasteiger partial charge in [0.1, 0.15) is 6.07 Å². The van der Waals surface area contributed by atoms with E-state index >= 15 is 0 Å². The van der Waals surface area contributed by atoms with E-state index in [4.69, 9.17) is 6.57 Å². The number of hydrogen-bond acceptors (Lipinski definition) is 3. The van der Waals surface area contributed by atoms with Gasteiger partial charge in [-0.3, -0.25) is 0 Å². The van der Waals surface area contributed by atoms with Crippen molar-refractivity contribution < 1.29 is 0 Å². The Kier molecular flexibility index (Phi) is 6.48. The van der Waals surface area contributed by atoms with Crippen LogP contribution in [0.4, 0.5) is 5.69 Å². The lowest BCUT2D eigenvalue weighted by Crippen LogP contribution is -2.01. The third-order valence-electron chi connectivity index (χ3n) is 11.4. The van der Waals surface area contributed by atoms with Crippen LogP contribution in [0, 0.1) is 17.9 Å². The van der Waals surface area contributed by atoms with Crippen molar-refractivity contribution >= 4 is 112 Å². The number of fused-ring (bicyclic) bond motifs is 14. The lowest BCUT2D eigenvalue weighted by Gasteiger charge is -2.18. The van der Waals surface area contributed by atoms with Crippen LogP contribution in [-0.4, -0.2) is 9.13 Å². The number of aromatic nitrogens is 2. The zero-order chi connectivity index (χ0) is 37.1. The second-order valence-electron chi connectivity index (χ2n) is 14.2. The SMILES string of the molecule is [C-]#[N+]c1ccc(-c2cccc(C#N)c2-n2c3ccccc3c3c4c(ccc32)sc2ccccc24)cc1-n1c2ccccc2c2c3sc4ccccc4c3ccc21. The molecule has 12 rings (SSSR count). The molecule has 258 valence electrons. The fraction of sp³-hybridized carbons (Fsp3) is 0. The maximum absolute atomic E-state index is 10.8. The highest BCUT2D eigenvalue weighted by molar-refractivity contribution is 7.27. The predicted molar refractivity (Wildman–Crippen MR) is 237 cm³/mol. The van der Waals surface area contributed by atoms with E-state index < -0.39 is 0 Å². The van der Waals surface area contributed by atoms with Gasteiger partial charge in [0.15, 0.2) is 0 Å². The van der Waals surface area contributed by atoms with Crippen LogP contribution in [0.3, 0.4) is 0 Å². The molecule has 0 aliphatic carbocycles. The molecule has 0 N–H and O–H groups in total. The summed E-state index contributed by atoms with van der Waals surface area (Å²) in [5, 5.41) is 20.5. The molecule has 0 aliphatic heterocycles. The van der Waals surface area contributed by atoms with Crippen LogP contribution in [0.15, 0.2) is 158 Å². The van der Waals surface area contributed by atoms with Gasteiger partial charge in [-0.25, -0.2) is 4.85 Å². The molecule has 4 aromatic heterocycles. The molecule has 0 bridgehead atoms. The summed E-state index contributed by atoms with van der Waals surface area (Å²) in [4.78, 5) is 4.08. The normalized spacial score (nSPS) is 11.9. The lowest BCUT2D eigenvalue weighted by atomic mass is 9.98. The van der Waals surface area contributed by atoms with Crippen LogP contribution in [-0.2, 0) is 0 Å². The molecule has 4 heterocycles. The van der Waals surface area contributed by atoms with Gasteiger partial charge in [0, 0.05) is 67.5 Å². The van der Waals surface area contributed by atoms with Crippen LogP contribution >= 0.6 is 22.7 Å². The Balaban J connectivity index is 1.16. The number of nitriles is 1. The Bertz CT molecular complexity index is 3750. The number of nitrogens with zero attached hydrogens (tertiary/aromatic N) is 4. The Hall–Kier alpha value is -7.22. The van der Waals surface area contributed by atoms with Crippen LogP contribution in [0.25, 0.3) is 111 Å². The van der Waals surface area contributed by atoms with Crippen molar-refractivity contribution in [2.24, 2.45) is 0 Å². The van der Waals surface area contributed by atoms with E-state index in [9.17, 15) is 5.26 Å². The summed E-state index contributed by atoms with van der Waals surface area (Å²) >= 11 is 3.64. The van der Waals surface area contributed by atoms with Crippen LogP contribution in [0.5, 0.6) is 0 Å². The van der Waals surface area contributed by atoms with Gasteiger partial charge in [-0.2, -0.15) is 5.26 Å². The average Bonchev–Trinajstić information content (AvgIpc) is 4.00. The maximum atomic E-state index is 10.8. The third kappa shape index (κ3) is 4.15. The van der Waals surface area contributed by atoms with E-state index in [-0.39, 0.29) is 0 Å². The summed E-state index contributed by atoms with van der Waals surface area (Å²) in [7, 11) is 0. The first-order valence-corrected chi connectivity index (χ1v) is 20.1. The van der Waals surface area contributed by atoms with Crippen LogP contribution in [0.2, 0.25) is 0 Å². The second kappa shape index (κ2) is 11.6. The highest BCUT2D eigenvalue weighted by Crippen LogP contribution is 2.47. The molecule has 0 saturated heterocycles. The van der Waals surface area contributed by atoms with Gasteiger partial charge in [-0.15, -0.1) is 22.7 Å². The Labute approximate surface area is 328 Å². The quantitative estimate of drug-likeness (QED) is 0.166. The van der Waals surface area contributed by atoms with Gasteiger partial charge < -0.3 is 9.13 Å². The predicted octanol–water partition coefficient (Wildman–Crippen LogP) is 14.7. The highest BCUT2D eigenvalue weighted by atomic mass is 32.1. The zero-order valence-electron chi connectivity index (χ0n) is 29.6. The monoisotopic (exact) mass is 746 g/mol. The maximum Gasteiger partial charge on any atom is 0.210 e. The summed E-state index contributed by atoms with van der Waals surface area (Å²) in [6, 6.07) is 57.9. The van der Waals surface area contributed by atoms with Crippen molar-refractivity contribution in [1.82, 2.24) is 9.13 Å². The molecular weight excluding hydrogens is 721 g/mol. The smallest absolute Gasteiger partial charge is 0.210 e. The largest absolute Gasteiger partial charge is 0.319 e. The first kappa shape index (κ1) is 31.2. The number of hydrogen-bond donors (Lipinski definition) is 0. The Morgan fingerprint density at radius 1 is 0.500 bits per heavy atom. The molecule has 0 amide bonds. The van der Waals surface area contributed by atoms with Gasteiger partial charge in [0.2, 0.25) is 5.69 Å². The van der Waals surface area contributed by atoms with Crippen molar-refractivity contribution in [1.29, 1.82) is 5.26 Å². The van der Waals surface area contributed by atoms with Crippen molar-refractivity contribution in [2.75, 3.05) is 0 Å². The van der Waals surface area contributed by atoms with Crippen LogP contribution in [0.1, 0.15) is 5.56 Å². The topological polar surface area (TPSA) is 38.0 Å². The second-order valence-corrected chi connectivity index (χ2v) is 16.3. The Morgan fingerprint density at radius 2 is 1.16 bits per heavy atom. The van der Waals surface area contributed by atoms with E-state index in [0.29, 0.717) is 11.3 Å². The van der Waals surface area contributed by atoms with E-state index in [1.807, 2.05) is 46.9 Å². The Morgan fingerprint density at radius 3 is 1.95 bits per heavy atom. The summed E-state index contributed by atoms with van der Waals surface area (Å²) in [6.07, 6.45) is 0. The number of benzene rings is 8. The minimum absolute atomic E-state index is 0.564. The fourth-order valence-electron chi connectivity index (χ4n) is 9.08. The molecule has 0 radical (unpaired) electrons. The first-order chi connectivity index (χ1) is 27.7. The fourth-order valence-corrected chi connectivity index (χ4v) is 11.5. The molecule has 8 aromatic carbocycles. The molecule has 0 atom stereocenters. The van der Waals surface area contributed by atoms with Gasteiger partial charge in [0.25, 0.3) is 0 Å². The number of rotatable bonds is 3. The van der Waals surface area contributed by atoms with Crippen molar-refractivity contribution in [2.45, 2.75) is 0 Å². The third-order valence-corrected chi connectivity index (χ3v) is 13.7. The molecule has 6 heteroatoms. The summed E-state index contributed by atoms with van der Waals surface area (Å²) in [5.74, 6) is 0. The van der Waals surface area contributed by atoms with E-state index in [1.54, 1.807) is 0 Å². The molecule has 4 nitrogen and oxygen atoms in total. The zero-order valence-corrected chi connectivity index (χ0v) is 31.2. The van der Waals surface area contributed by atoms with E-state index in [0.717, 1.165) is 55.3 Å². The molecule has 12 aromatic rings. The van der Waals surface area contributed by atoms with Crippen molar-refractivity contribution in [3.8, 4) is 28.6 Å². The molecule has 0 fully saturated rings. The minimum atomic E-state index is 0.564. The standard InChI is InChI=1S/C50H26N4S2/c1-52-37-23-21-29(27-42(37)53-38-17-6-3-14-35(38)47-41(53)24-22-33-32-12-4-8-19-43(32)56-50(33)47)31-16-10-11-30(28-51)49(31)54-39-18-7-2-13-34(39)46-40(54)25-26-45-48(46)36-15-5-9-20-44(36)55-45/h2-27H. The van der Waals surface area contributed by atoms with Crippen molar-refractivity contribution in [3.63, 3.8) is 0 Å². The summed E-state index contributed by atoms with van der Waals surface area (Å²) < 4.78 is 9.56. The van der Waals surface area contributed by atoms with Gasteiger partial charge >= 0.3 is 0 Å². The lowest BCUT2D eigenvalue weighted by molar-refractivity contribution is 1.16. The molecule has 0 unspecified atom stereocenters. The molecule has 0 saturated carbocycles. The summed E-state index contributed by atoms with van der Waals surface area (Å²) in [6.45, 7) is 8.36. The van der Waals surface area contributed by atoms with Gasteiger partial charge in [-0.1, -0.05) is 103 Å². The summed E-state index contributed by atoms with van der Waals surface area (Å²) in [5.41, 5.74) is 8.86. The molecular formula is C50H26N4S2. The minimum Gasteiger partial charge on any atom is -0.319 e. The van der Waals surface area contributed by atoms with Crippen molar-refractivity contribution in [3.05, 3.63) is 175 Å². The van der Waals surface area contributed by atoms with Gasteiger partial charge in [0.05, 0.1) is 45.6 Å². The molecule has 0 spiro atoms. The first-order valence-electron chi connectivity index (χ1n) is 18.4. The van der Waals surface area contributed by atoms with Crippen LogP contribution < -0.4 is 0 Å². The molecule has 0 aliphatic rings. The molecule has 56 heavy (non-hydrogen) atoms.